The van der Waals surface area contributed by atoms with Gasteiger partial charge in [0.05, 0.1) is 0 Å². The molecule has 1 aromatic rings. The summed E-state index contributed by atoms with van der Waals surface area (Å²) in [6.07, 6.45) is 3.88. The molecule has 1 aliphatic heterocycles. The van der Waals surface area contributed by atoms with E-state index in [-0.39, 0.29) is 0 Å². The molecule has 4 heteroatoms. The van der Waals surface area contributed by atoms with Crippen LogP contribution in [0.4, 0.5) is 5.82 Å². The quantitative estimate of drug-likeness (QED) is 0.721. The molecule has 0 unspecified atom stereocenters. The van der Waals surface area contributed by atoms with Crippen LogP contribution >= 0.6 is 12.2 Å². The van der Waals surface area contributed by atoms with E-state index in [0.29, 0.717) is 4.77 Å². The number of aromatic nitrogens is 2. The molecule has 0 aromatic carbocycles. The van der Waals surface area contributed by atoms with Gasteiger partial charge in [-0.2, -0.15) is 0 Å². The van der Waals surface area contributed by atoms with E-state index >= 15 is 0 Å². The van der Waals surface area contributed by atoms with E-state index in [9.17, 15) is 0 Å². The van der Waals surface area contributed by atoms with Crippen molar-refractivity contribution in [3.8, 4) is 0 Å². The van der Waals surface area contributed by atoms with Crippen molar-refractivity contribution in [2.75, 3.05) is 18.0 Å². The Bertz CT molecular complexity index is 366. The lowest BCUT2D eigenvalue weighted by Crippen LogP contribution is -2.30. The Balaban J connectivity index is 2.26. The first-order valence-corrected chi connectivity index (χ1v) is 5.49. The highest BCUT2D eigenvalue weighted by atomic mass is 32.1. The Morgan fingerprint density at radius 2 is 2.07 bits per heavy atom. The van der Waals surface area contributed by atoms with E-state index in [1.807, 2.05) is 6.92 Å². The summed E-state index contributed by atoms with van der Waals surface area (Å²) in [7, 11) is 0. The molecule has 0 amide bonds. The summed E-state index contributed by atoms with van der Waals surface area (Å²) in [5.74, 6) is 1.03. The van der Waals surface area contributed by atoms with Gasteiger partial charge in [0.1, 0.15) is 5.82 Å². The van der Waals surface area contributed by atoms with Crippen molar-refractivity contribution >= 4 is 18.0 Å². The summed E-state index contributed by atoms with van der Waals surface area (Å²) < 4.78 is 0.588. The lowest BCUT2D eigenvalue weighted by Gasteiger charge is -2.27. The molecule has 1 aliphatic rings. The highest BCUT2D eigenvalue weighted by molar-refractivity contribution is 7.71. The zero-order valence-electron chi connectivity index (χ0n) is 8.42. The number of piperidine rings is 1. The van der Waals surface area contributed by atoms with Crippen molar-refractivity contribution in [2.45, 2.75) is 26.2 Å². The maximum Gasteiger partial charge on any atom is 0.198 e. The topological polar surface area (TPSA) is 31.9 Å². The lowest BCUT2D eigenvalue weighted by molar-refractivity contribution is 0.572. The second kappa shape index (κ2) is 4.09. The Labute approximate surface area is 89.2 Å². The summed E-state index contributed by atoms with van der Waals surface area (Å²) in [6, 6.07) is 2.07. The van der Waals surface area contributed by atoms with Crippen LogP contribution in [0.25, 0.3) is 0 Å². The molecule has 14 heavy (non-hydrogen) atoms. The second-order valence-corrected chi connectivity index (χ2v) is 4.16. The fourth-order valence-corrected chi connectivity index (χ4v) is 2.10. The summed E-state index contributed by atoms with van der Waals surface area (Å²) in [5.41, 5.74) is 1.09. The zero-order valence-corrected chi connectivity index (χ0v) is 9.23. The maximum atomic E-state index is 5.06. The highest BCUT2D eigenvalue weighted by Crippen LogP contribution is 2.17. The molecule has 0 aliphatic carbocycles. The Morgan fingerprint density at radius 3 is 2.71 bits per heavy atom. The lowest BCUT2D eigenvalue weighted by atomic mass is 10.1. The van der Waals surface area contributed by atoms with Crippen molar-refractivity contribution in [2.24, 2.45) is 0 Å². The number of anilines is 1. The molecule has 0 spiro atoms. The molecule has 2 rings (SSSR count). The van der Waals surface area contributed by atoms with Crippen LogP contribution in [0.2, 0.25) is 0 Å². The Morgan fingerprint density at radius 1 is 1.36 bits per heavy atom. The maximum absolute atomic E-state index is 5.06. The van der Waals surface area contributed by atoms with Gasteiger partial charge in [-0.05, 0) is 44.5 Å². The van der Waals surface area contributed by atoms with Gasteiger partial charge in [0, 0.05) is 18.8 Å². The van der Waals surface area contributed by atoms with Crippen molar-refractivity contribution in [1.29, 1.82) is 0 Å². The second-order valence-electron chi connectivity index (χ2n) is 3.78. The molecule has 1 saturated heterocycles. The average molecular weight is 209 g/mol. The van der Waals surface area contributed by atoms with Crippen LogP contribution in [0, 0.1) is 11.7 Å². The fraction of sp³-hybridized carbons (Fsp3) is 0.600. The standard InChI is InChI=1S/C10H15N3S/c1-8-7-9(12-10(14)11-8)13-5-3-2-4-6-13/h7H,2-6H2,1H3,(H,11,12,14). The fourth-order valence-electron chi connectivity index (χ4n) is 1.85. The number of nitrogens with one attached hydrogen (secondary N) is 1. The molecule has 2 heterocycles. The molecule has 0 radical (unpaired) electrons. The molecule has 0 atom stereocenters. The van der Waals surface area contributed by atoms with Crippen LogP contribution in [0.5, 0.6) is 0 Å². The van der Waals surface area contributed by atoms with E-state index in [4.69, 9.17) is 12.2 Å². The number of rotatable bonds is 1. The first kappa shape index (κ1) is 9.65. The minimum absolute atomic E-state index is 0.588. The number of H-pyrrole nitrogens is 1. The van der Waals surface area contributed by atoms with Crippen LogP contribution in [0.15, 0.2) is 6.07 Å². The third-order valence-electron chi connectivity index (χ3n) is 2.55. The van der Waals surface area contributed by atoms with Gasteiger partial charge in [-0.25, -0.2) is 4.98 Å². The normalized spacial score (nSPS) is 17.1. The summed E-state index contributed by atoms with van der Waals surface area (Å²) in [4.78, 5) is 9.69. The number of nitrogens with zero attached hydrogens (tertiary/aromatic N) is 2. The van der Waals surface area contributed by atoms with Gasteiger partial charge in [0.2, 0.25) is 0 Å². The number of hydrogen-bond donors (Lipinski definition) is 1. The van der Waals surface area contributed by atoms with E-state index in [1.54, 1.807) is 0 Å². The summed E-state index contributed by atoms with van der Waals surface area (Å²) in [6.45, 7) is 4.25. The number of hydrogen-bond acceptors (Lipinski definition) is 3. The van der Waals surface area contributed by atoms with Crippen LogP contribution in [-0.2, 0) is 0 Å². The van der Waals surface area contributed by atoms with E-state index in [1.165, 1.54) is 19.3 Å². The van der Waals surface area contributed by atoms with Gasteiger partial charge < -0.3 is 9.88 Å². The van der Waals surface area contributed by atoms with Crippen molar-refractivity contribution in [3.63, 3.8) is 0 Å². The molecule has 1 aromatic heterocycles. The Kier molecular flexibility index (Phi) is 2.82. The van der Waals surface area contributed by atoms with E-state index < -0.39 is 0 Å². The SMILES string of the molecule is Cc1cc(N2CCCCC2)nc(=S)[nH]1. The predicted octanol–water partition coefficient (Wildman–Crippen LogP) is 2.44. The van der Waals surface area contributed by atoms with Crippen molar-refractivity contribution in [3.05, 3.63) is 16.5 Å². The molecular weight excluding hydrogens is 194 g/mol. The highest BCUT2D eigenvalue weighted by Gasteiger charge is 2.11. The third kappa shape index (κ3) is 2.12. The van der Waals surface area contributed by atoms with Gasteiger partial charge in [0.15, 0.2) is 4.77 Å². The molecule has 1 N–H and O–H groups in total. The van der Waals surface area contributed by atoms with Gasteiger partial charge in [-0.3, -0.25) is 0 Å². The van der Waals surface area contributed by atoms with Gasteiger partial charge >= 0.3 is 0 Å². The van der Waals surface area contributed by atoms with E-state index in [2.05, 4.69) is 20.9 Å². The Hall–Kier alpha value is -0.900. The van der Waals surface area contributed by atoms with E-state index in [0.717, 1.165) is 24.6 Å². The summed E-state index contributed by atoms with van der Waals surface area (Å²) >= 11 is 5.06. The zero-order chi connectivity index (χ0) is 9.97. The van der Waals surface area contributed by atoms with Gasteiger partial charge in [-0.1, -0.05) is 0 Å². The minimum atomic E-state index is 0.588. The smallest absolute Gasteiger partial charge is 0.198 e. The van der Waals surface area contributed by atoms with Crippen molar-refractivity contribution < 1.29 is 0 Å². The van der Waals surface area contributed by atoms with Crippen molar-refractivity contribution in [1.82, 2.24) is 9.97 Å². The minimum Gasteiger partial charge on any atom is -0.356 e. The predicted molar refractivity (Wildman–Crippen MR) is 60.2 cm³/mol. The van der Waals surface area contributed by atoms with Crippen LogP contribution in [0.3, 0.4) is 0 Å². The molecule has 76 valence electrons. The molecule has 1 fully saturated rings. The van der Waals surface area contributed by atoms with Gasteiger partial charge in [0.25, 0.3) is 0 Å². The van der Waals surface area contributed by atoms with Crippen LogP contribution in [0.1, 0.15) is 25.0 Å². The third-order valence-corrected chi connectivity index (χ3v) is 2.74. The first-order chi connectivity index (χ1) is 6.75. The molecule has 0 bridgehead atoms. The van der Waals surface area contributed by atoms with Gasteiger partial charge in [-0.15, -0.1) is 0 Å². The number of aromatic amines is 1. The van der Waals surface area contributed by atoms with Crippen LogP contribution in [-0.4, -0.2) is 23.1 Å². The summed E-state index contributed by atoms with van der Waals surface area (Å²) in [5, 5.41) is 0. The molecule has 0 saturated carbocycles. The monoisotopic (exact) mass is 209 g/mol. The molecular formula is C10H15N3S. The average Bonchev–Trinajstić information content (AvgIpc) is 2.18. The number of aryl methyl sites for hydroxylation is 1. The largest absolute Gasteiger partial charge is 0.356 e. The first-order valence-electron chi connectivity index (χ1n) is 5.08. The molecule has 3 nitrogen and oxygen atoms in total. The van der Waals surface area contributed by atoms with Crippen LogP contribution < -0.4 is 4.90 Å².